The van der Waals surface area contributed by atoms with E-state index in [0.717, 1.165) is 35.9 Å². The van der Waals surface area contributed by atoms with Gasteiger partial charge in [-0.15, -0.1) is 0 Å². The molecule has 0 bridgehead atoms. The fourth-order valence-electron chi connectivity index (χ4n) is 5.31. The zero-order chi connectivity index (χ0) is 21.4. The molecule has 0 radical (unpaired) electrons. The Bertz CT molecular complexity index is 1010. The molecule has 3 heterocycles. The van der Waals surface area contributed by atoms with Crippen LogP contribution in [0.5, 0.6) is 5.75 Å². The summed E-state index contributed by atoms with van der Waals surface area (Å²) < 4.78 is 18.0. The number of benzene rings is 1. The third-order valence-electron chi connectivity index (χ3n) is 6.64. The summed E-state index contributed by atoms with van der Waals surface area (Å²) in [4.78, 5) is 26.7. The number of nitrogens with zero attached hydrogens (tertiary/aromatic N) is 2. The number of ether oxygens (including phenoxy) is 3. The number of aryl methyl sites for hydroxylation is 1. The van der Waals surface area contributed by atoms with Crippen LogP contribution < -0.4 is 4.74 Å². The van der Waals surface area contributed by atoms with Gasteiger partial charge < -0.3 is 23.6 Å². The predicted molar refractivity (Wildman–Crippen MR) is 112 cm³/mol. The van der Waals surface area contributed by atoms with Crippen molar-refractivity contribution < 1.29 is 23.8 Å². The molecule has 1 aromatic heterocycles. The molecule has 7 heteroatoms. The van der Waals surface area contributed by atoms with Crippen molar-refractivity contribution in [1.82, 2.24) is 9.47 Å². The van der Waals surface area contributed by atoms with Gasteiger partial charge in [-0.1, -0.05) is 6.07 Å². The lowest BCUT2D eigenvalue weighted by atomic mass is 9.75. The third-order valence-corrected chi connectivity index (χ3v) is 6.64. The minimum Gasteiger partial charge on any atom is -0.504 e. The van der Waals surface area contributed by atoms with E-state index in [9.17, 15) is 9.59 Å². The number of aromatic nitrogens is 1. The van der Waals surface area contributed by atoms with Crippen LogP contribution in [0.3, 0.4) is 0 Å². The molecule has 2 aromatic rings. The number of fused-ring (bicyclic) bond motifs is 5. The maximum absolute atomic E-state index is 12.4. The number of carbonyl (C=O) groups excluding carboxylic acids is 2. The molecule has 1 aromatic carbocycles. The normalized spacial score (nSPS) is 24.1. The van der Waals surface area contributed by atoms with Gasteiger partial charge in [-0.05, 0) is 30.5 Å². The Balaban J connectivity index is 1.82. The molecule has 30 heavy (non-hydrogen) atoms. The Morgan fingerprint density at radius 1 is 1.23 bits per heavy atom. The van der Waals surface area contributed by atoms with Crippen molar-refractivity contribution in [3.63, 3.8) is 0 Å². The molecule has 1 saturated heterocycles. The van der Waals surface area contributed by atoms with Crippen LogP contribution >= 0.6 is 0 Å². The topological polar surface area (TPSA) is 70.0 Å². The summed E-state index contributed by atoms with van der Waals surface area (Å²) in [5.41, 5.74) is 4.08. The second-order valence-corrected chi connectivity index (χ2v) is 7.98. The first kappa shape index (κ1) is 20.5. The first-order chi connectivity index (χ1) is 14.5. The molecule has 0 amide bonds. The maximum atomic E-state index is 12.4. The molecular weight excluding hydrogens is 384 g/mol. The minimum atomic E-state index is -0.447. The number of hydrogen-bond donors (Lipinski definition) is 0. The molecule has 1 fully saturated rings. The fourth-order valence-corrected chi connectivity index (χ4v) is 5.31. The molecule has 0 spiro atoms. The van der Waals surface area contributed by atoms with Crippen LogP contribution in [0, 0.1) is 11.8 Å². The molecule has 3 atom stereocenters. The standard InChI is InChI=1S/C23H28N2O5/c1-24-18-6-5-7-20(29-3)21(18)15-8-9-25-11-14(12-26)16(10-19(25)22(15)24)17(13-28-2)23(27)30-4/h5-7,12-14,16,19H,8-11H2,1-4H3/b17-13+/t14-,16-,19?/m0/s1. The van der Waals surface area contributed by atoms with Gasteiger partial charge in [-0.3, -0.25) is 4.90 Å². The summed E-state index contributed by atoms with van der Waals surface area (Å²) in [6, 6.07) is 6.21. The number of rotatable bonds is 5. The molecule has 0 saturated carbocycles. The molecule has 1 unspecified atom stereocenters. The molecule has 160 valence electrons. The van der Waals surface area contributed by atoms with Gasteiger partial charge in [0, 0.05) is 43.1 Å². The van der Waals surface area contributed by atoms with E-state index in [1.165, 1.54) is 31.7 Å². The van der Waals surface area contributed by atoms with Crippen LogP contribution in [0.25, 0.3) is 10.9 Å². The van der Waals surface area contributed by atoms with Crippen LogP contribution in [0.2, 0.25) is 0 Å². The van der Waals surface area contributed by atoms with Crippen molar-refractivity contribution in [3.8, 4) is 5.75 Å². The van der Waals surface area contributed by atoms with Crippen LogP contribution in [0.15, 0.2) is 30.0 Å². The van der Waals surface area contributed by atoms with E-state index >= 15 is 0 Å². The Labute approximate surface area is 176 Å². The summed E-state index contributed by atoms with van der Waals surface area (Å²) >= 11 is 0. The van der Waals surface area contributed by atoms with Gasteiger partial charge in [0.2, 0.25) is 0 Å². The minimum absolute atomic E-state index is 0.0990. The third kappa shape index (κ3) is 3.08. The van der Waals surface area contributed by atoms with E-state index in [2.05, 4.69) is 22.6 Å². The van der Waals surface area contributed by atoms with Gasteiger partial charge >= 0.3 is 5.97 Å². The molecule has 0 N–H and O–H groups in total. The number of methoxy groups -OCH3 is 3. The van der Waals surface area contributed by atoms with Gasteiger partial charge in [0.15, 0.2) is 0 Å². The number of piperidine rings is 1. The highest BCUT2D eigenvalue weighted by atomic mass is 16.5. The summed E-state index contributed by atoms with van der Waals surface area (Å²) in [5.74, 6) is -0.114. The largest absolute Gasteiger partial charge is 0.504 e. The van der Waals surface area contributed by atoms with Gasteiger partial charge in [0.25, 0.3) is 0 Å². The van der Waals surface area contributed by atoms with Crippen molar-refractivity contribution in [2.24, 2.45) is 18.9 Å². The van der Waals surface area contributed by atoms with Gasteiger partial charge in [-0.2, -0.15) is 0 Å². The van der Waals surface area contributed by atoms with Crippen LogP contribution in [0.4, 0.5) is 0 Å². The Morgan fingerprint density at radius 3 is 2.70 bits per heavy atom. The summed E-state index contributed by atoms with van der Waals surface area (Å²) in [6.45, 7) is 1.47. The lowest BCUT2D eigenvalue weighted by Gasteiger charge is -2.45. The SMILES string of the molecule is CO/C=C(/C(=O)OC)[C@H]1CC2c3c(c4c(OC)cccc4n3C)CCN2C[C@H]1C=O. The number of aldehydes is 1. The molecule has 4 rings (SSSR count). The van der Waals surface area contributed by atoms with E-state index < -0.39 is 5.97 Å². The Kier molecular flexibility index (Phi) is 5.56. The van der Waals surface area contributed by atoms with Gasteiger partial charge in [0.05, 0.1) is 44.7 Å². The zero-order valence-corrected chi connectivity index (χ0v) is 17.9. The Morgan fingerprint density at radius 2 is 2.03 bits per heavy atom. The van der Waals surface area contributed by atoms with Crippen LogP contribution in [0.1, 0.15) is 23.7 Å². The number of esters is 1. The van der Waals surface area contributed by atoms with Gasteiger partial charge in [0.1, 0.15) is 12.0 Å². The van der Waals surface area contributed by atoms with E-state index in [-0.39, 0.29) is 17.9 Å². The highest BCUT2D eigenvalue weighted by Gasteiger charge is 2.44. The summed E-state index contributed by atoms with van der Waals surface area (Å²) in [5, 5.41) is 1.16. The molecule has 7 nitrogen and oxygen atoms in total. The predicted octanol–water partition coefficient (Wildman–Crippen LogP) is 2.62. The second kappa shape index (κ2) is 8.14. The second-order valence-electron chi connectivity index (χ2n) is 7.98. The average Bonchev–Trinajstić information content (AvgIpc) is 3.08. The fraction of sp³-hybridized carbons (Fsp3) is 0.478. The average molecular weight is 412 g/mol. The lowest BCUT2D eigenvalue weighted by molar-refractivity contribution is -0.137. The zero-order valence-electron chi connectivity index (χ0n) is 17.9. The van der Waals surface area contributed by atoms with Crippen LogP contribution in [-0.2, 0) is 32.5 Å². The van der Waals surface area contributed by atoms with E-state index in [4.69, 9.17) is 14.2 Å². The lowest BCUT2D eigenvalue weighted by Crippen LogP contribution is -2.48. The van der Waals surface area contributed by atoms with Crippen molar-refractivity contribution in [3.05, 3.63) is 41.3 Å². The van der Waals surface area contributed by atoms with E-state index in [1.807, 2.05) is 12.1 Å². The monoisotopic (exact) mass is 412 g/mol. The van der Waals surface area contributed by atoms with Crippen LogP contribution in [-0.4, -0.2) is 56.1 Å². The highest BCUT2D eigenvalue weighted by molar-refractivity contribution is 5.92. The van der Waals surface area contributed by atoms with E-state index in [1.54, 1.807) is 7.11 Å². The molecule has 2 aliphatic heterocycles. The van der Waals surface area contributed by atoms with Gasteiger partial charge in [-0.25, -0.2) is 4.79 Å². The van der Waals surface area contributed by atoms with E-state index in [0.29, 0.717) is 18.5 Å². The van der Waals surface area contributed by atoms with Crippen molar-refractivity contribution >= 4 is 23.2 Å². The molecule has 2 aliphatic rings. The molecule has 0 aliphatic carbocycles. The maximum Gasteiger partial charge on any atom is 0.337 e. The first-order valence-corrected chi connectivity index (χ1v) is 10.2. The summed E-state index contributed by atoms with van der Waals surface area (Å²) in [6.07, 6.45) is 3.94. The molecular formula is C23H28N2O5. The van der Waals surface area contributed by atoms with Crippen molar-refractivity contribution in [1.29, 1.82) is 0 Å². The summed E-state index contributed by atoms with van der Waals surface area (Å²) in [7, 11) is 6.64. The first-order valence-electron chi connectivity index (χ1n) is 10.2. The Hall–Kier alpha value is -2.80. The smallest absolute Gasteiger partial charge is 0.337 e. The van der Waals surface area contributed by atoms with Crippen molar-refractivity contribution in [2.75, 3.05) is 34.4 Å². The highest BCUT2D eigenvalue weighted by Crippen LogP contribution is 2.47. The van der Waals surface area contributed by atoms with Crippen molar-refractivity contribution in [2.45, 2.75) is 18.9 Å². The number of hydrogen-bond acceptors (Lipinski definition) is 6. The quantitative estimate of drug-likeness (QED) is 0.325. The number of carbonyl (C=O) groups is 2.